The summed E-state index contributed by atoms with van der Waals surface area (Å²) in [5, 5.41) is 2.09. The Morgan fingerprint density at radius 2 is 1.65 bits per heavy atom. The number of H-pyrrole nitrogens is 1. The van der Waals surface area contributed by atoms with Gasteiger partial charge in [-0.05, 0) is 23.8 Å². The highest BCUT2D eigenvalue weighted by molar-refractivity contribution is 5.93. The number of Topliss-reactive ketones (excluding diaryl/α,β-unsaturated/α-hetero) is 1. The van der Waals surface area contributed by atoms with Crippen molar-refractivity contribution < 1.29 is 22.8 Å². The minimum atomic E-state index is -5.16. The number of alkyl halides is 3. The van der Waals surface area contributed by atoms with E-state index in [9.17, 15) is 27.6 Å². The van der Waals surface area contributed by atoms with Crippen LogP contribution in [-0.4, -0.2) is 33.9 Å². The van der Waals surface area contributed by atoms with Gasteiger partial charge in [0.05, 0.1) is 12.1 Å². The van der Waals surface area contributed by atoms with Crippen molar-refractivity contribution in [1.82, 2.24) is 15.3 Å². The summed E-state index contributed by atoms with van der Waals surface area (Å²) in [5.41, 5.74) is 17.2. The van der Waals surface area contributed by atoms with E-state index in [1.54, 1.807) is 18.2 Å². The maximum Gasteiger partial charge on any atom is 0.452 e. The Morgan fingerprint density at radius 1 is 1.03 bits per heavy atom. The molecule has 8 N–H and O–H groups in total. The molecular formula is C22H21F3N6O3. The molecule has 1 atom stereocenters. The maximum atomic E-state index is 13.1. The Bertz CT molecular complexity index is 1250. The van der Waals surface area contributed by atoms with Gasteiger partial charge in [0.25, 0.3) is 11.3 Å². The fourth-order valence-electron chi connectivity index (χ4n) is 3.27. The second kappa shape index (κ2) is 9.65. The molecule has 0 spiro atoms. The lowest BCUT2D eigenvalue weighted by Gasteiger charge is -2.19. The van der Waals surface area contributed by atoms with E-state index >= 15 is 0 Å². The first kappa shape index (κ1) is 24.3. The third-order valence-corrected chi connectivity index (χ3v) is 4.83. The van der Waals surface area contributed by atoms with Gasteiger partial charge in [0, 0.05) is 23.4 Å². The van der Waals surface area contributed by atoms with E-state index in [1.807, 2.05) is 0 Å². The lowest BCUT2D eigenvalue weighted by Crippen LogP contribution is -2.48. The van der Waals surface area contributed by atoms with E-state index in [0.717, 1.165) is 0 Å². The normalized spacial score (nSPS) is 12.2. The number of anilines is 3. The first-order valence-corrected chi connectivity index (χ1v) is 9.93. The molecule has 34 heavy (non-hydrogen) atoms. The summed E-state index contributed by atoms with van der Waals surface area (Å²) in [6, 6.07) is 10.5. The van der Waals surface area contributed by atoms with Gasteiger partial charge < -0.3 is 27.5 Å². The molecule has 0 radical (unpaired) electrons. The summed E-state index contributed by atoms with van der Waals surface area (Å²) >= 11 is 0. The van der Waals surface area contributed by atoms with Crippen LogP contribution < -0.4 is 28.1 Å². The monoisotopic (exact) mass is 474 g/mol. The summed E-state index contributed by atoms with van der Waals surface area (Å²) in [4.78, 5) is 43.4. The third kappa shape index (κ3) is 5.91. The van der Waals surface area contributed by atoms with Gasteiger partial charge in [-0.1, -0.05) is 30.3 Å². The average Bonchev–Trinajstić information content (AvgIpc) is 2.75. The molecule has 0 aliphatic rings. The summed E-state index contributed by atoms with van der Waals surface area (Å²) in [6.45, 7) is 0. The summed E-state index contributed by atoms with van der Waals surface area (Å²) in [6.07, 6.45) is -6.18. The molecule has 1 heterocycles. The Kier molecular flexibility index (Phi) is 6.89. The van der Waals surface area contributed by atoms with Crippen LogP contribution in [-0.2, 0) is 22.4 Å². The molecule has 12 heteroatoms. The molecule has 3 aromatic rings. The highest BCUT2D eigenvalue weighted by Gasteiger charge is 2.43. The zero-order valence-electron chi connectivity index (χ0n) is 17.6. The standard InChI is InChI=1S/C22H21F3N6O3/c23-22(24,25)19(33)16(6-11-4-2-1-3-5-11)29-17(32)10-15-18(28)21(34)31-20(30-15)12-7-13(26)9-14(27)8-12/h1-5,7-9,16H,6,10,26-28H2,(H,29,32)(H,30,31,34). The van der Waals surface area contributed by atoms with Gasteiger partial charge in [-0.15, -0.1) is 0 Å². The van der Waals surface area contributed by atoms with Crippen LogP contribution >= 0.6 is 0 Å². The number of benzene rings is 2. The molecule has 3 rings (SSSR count). The highest BCUT2D eigenvalue weighted by Crippen LogP contribution is 2.23. The van der Waals surface area contributed by atoms with Crippen molar-refractivity contribution in [1.29, 1.82) is 0 Å². The van der Waals surface area contributed by atoms with Gasteiger partial charge in [-0.3, -0.25) is 14.4 Å². The molecule has 0 bridgehead atoms. The van der Waals surface area contributed by atoms with Crippen LogP contribution in [0, 0.1) is 0 Å². The molecule has 0 aliphatic heterocycles. The number of halogens is 3. The van der Waals surface area contributed by atoms with Gasteiger partial charge in [0.2, 0.25) is 5.91 Å². The first-order chi connectivity index (χ1) is 15.9. The lowest BCUT2D eigenvalue weighted by molar-refractivity contribution is -0.173. The van der Waals surface area contributed by atoms with Crippen molar-refractivity contribution in [3.63, 3.8) is 0 Å². The number of nitrogen functional groups attached to an aromatic ring is 3. The number of carbonyl (C=O) groups excluding carboxylic acids is 2. The molecule has 178 valence electrons. The Labute approximate surface area is 191 Å². The first-order valence-electron chi connectivity index (χ1n) is 9.93. The number of carbonyl (C=O) groups is 2. The molecule has 0 aliphatic carbocycles. The van der Waals surface area contributed by atoms with E-state index in [-0.39, 0.29) is 17.9 Å². The zero-order valence-corrected chi connectivity index (χ0v) is 17.6. The Morgan fingerprint density at radius 3 is 2.24 bits per heavy atom. The SMILES string of the molecule is Nc1cc(N)cc(-c2nc(CC(=O)NC(Cc3ccccc3)C(=O)C(F)(F)F)c(N)c(=O)[nH]2)c1. The highest BCUT2D eigenvalue weighted by atomic mass is 19.4. The van der Waals surface area contributed by atoms with E-state index in [2.05, 4.69) is 15.3 Å². The van der Waals surface area contributed by atoms with Crippen LogP contribution in [0.15, 0.2) is 53.3 Å². The number of ketones is 1. The topological polar surface area (TPSA) is 170 Å². The molecule has 1 aromatic heterocycles. The lowest BCUT2D eigenvalue weighted by atomic mass is 10.0. The molecule has 0 saturated carbocycles. The summed E-state index contributed by atoms with van der Waals surface area (Å²) in [7, 11) is 0. The smallest absolute Gasteiger partial charge is 0.399 e. The minimum Gasteiger partial charge on any atom is -0.399 e. The number of aromatic nitrogens is 2. The van der Waals surface area contributed by atoms with E-state index in [0.29, 0.717) is 22.5 Å². The quantitative estimate of drug-likeness (QED) is 0.324. The molecule has 2 aromatic carbocycles. The number of rotatable bonds is 7. The molecule has 1 amide bonds. The van der Waals surface area contributed by atoms with Gasteiger partial charge in [0.1, 0.15) is 17.6 Å². The number of hydrogen-bond acceptors (Lipinski definition) is 7. The van der Waals surface area contributed by atoms with Crippen molar-refractivity contribution in [3.8, 4) is 11.4 Å². The maximum absolute atomic E-state index is 13.1. The summed E-state index contributed by atoms with van der Waals surface area (Å²) in [5.74, 6) is -3.07. The number of nitrogens with two attached hydrogens (primary N) is 3. The largest absolute Gasteiger partial charge is 0.452 e. The van der Waals surface area contributed by atoms with Crippen LogP contribution in [0.3, 0.4) is 0 Å². The second-order valence-electron chi connectivity index (χ2n) is 7.51. The number of amides is 1. The molecule has 0 fully saturated rings. The molecule has 1 unspecified atom stereocenters. The predicted molar refractivity (Wildman–Crippen MR) is 120 cm³/mol. The molecule has 9 nitrogen and oxygen atoms in total. The zero-order chi connectivity index (χ0) is 25.0. The van der Waals surface area contributed by atoms with Crippen LogP contribution in [0.4, 0.5) is 30.2 Å². The van der Waals surface area contributed by atoms with E-state index in [4.69, 9.17) is 17.2 Å². The number of aromatic amines is 1. The van der Waals surface area contributed by atoms with Crippen LogP contribution in [0.1, 0.15) is 11.3 Å². The van der Waals surface area contributed by atoms with Crippen LogP contribution in [0.25, 0.3) is 11.4 Å². The Hall–Kier alpha value is -4.35. The summed E-state index contributed by atoms with van der Waals surface area (Å²) < 4.78 is 39.3. The van der Waals surface area contributed by atoms with E-state index < -0.39 is 41.6 Å². The minimum absolute atomic E-state index is 0.00760. The van der Waals surface area contributed by atoms with Gasteiger partial charge in [-0.2, -0.15) is 13.2 Å². The van der Waals surface area contributed by atoms with Crippen molar-refractivity contribution >= 4 is 28.8 Å². The van der Waals surface area contributed by atoms with Crippen molar-refractivity contribution in [2.24, 2.45) is 0 Å². The van der Waals surface area contributed by atoms with E-state index in [1.165, 1.54) is 30.3 Å². The van der Waals surface area contributed by atoms with Gasteiger partial charge in [0.15, 0.2) is 0 Å². The number of nitrogens with one attached hydrogen (secondary N) is 2. The molecule has 0 saturated heterocycles. The van der Waals surface area contributed by atoms with Gasteiger partial charge >= 0.3 is 6.18 Å². The average molecular weight is 474 g/mol. The fraction of sp³-hybridized carbons (Fsp3) is 0.182. The van der Waals surface area contributed by atoms with Gasteiger partial charge in [-0.25, -0.2) is 4.98 Å². The number of hydrogen-bond donors (Lipinski definition) is 5. The molecular weight excluding hydrogens is 453 g/mol. The van der Waals surface area contributed by atoms with Crippen molar-refractivity contribution in [3.05, 3.63) is 70.1 Å². The van der Waals surface area contributed by atoms with Crippen molar-refractivity contribution in [2.45, 2.75) is 25.1 Å². The second-order valence-corrected chi connectivity index (χ2v) is 7.51. The van der Waals surface area contributed by atoms with Crippen LogP contribution in [0.5, 0.6) is 0 Å². The van der Waals surface area contributed by atoms with Crippen LogP contribution in [0.2, 0.25) is 0 Å². The fourth-order valence-corrected chi connectivity index (χ4v) is 3.27. The number of nitrogens with zero attached hydrogens (tertiary/aromatic N) is 1. The predicted octanol–water partition coefficient (Wildman–Crippen LogP) is 1.58. The third-order valence-electron chi connectivity index (χ3n) is 4.83. The Balaban J connectivity index is 1.87. The van der Waals surface area contributed by atoms with Crippen molar-refractivity contribution in [2.75, 3.05) is 17.2 Å².